The van der Waals surface area contributed by atoms with E-state index in [1.165, 1.54) is 30.3 Å². The highest BCUT2D eigenvalue weighted by molar-refractivity contribution is 6.02. The standard InChI is InChI=1S/C12H9N3O5/c13-11(16)7-1-3-8(4-2-7)14-12(17)9-5-6-10(20-9)15(18)19/h1-6H,(H2,13,16)(H,14,17). The largest absolute Gasteiger partial charge is 0.433 e. The van der Waals surface area contributed by atoms with Gasteiger partial charge in [0.1, 0.15) is 4.92 Å². The van der Waals surface area contributed by atoms with E-state index in [1.807, 2.05) is 0 Å². The third-order valence-corrected chi connectivity index (χ3v) is 2.42. The molecule has 20 heavy (non-hydrogen) atoms. The van der Waals surface area contributed by atoms with Crippen LogP contribution < -0.4 is 11.1 Å². The molecule has 0 bridgehead atoms. The van der Waals surface area contributed by atoms with E-state index in [1.54, 1.807) is 0 Å². The molecule has 3 N–H and O–H groups in total. The molecule has 0 unspecified atom stereocenters. The Hall–Kier alpha value is -3.16. The molecule has 2 amide bonds. The molecule has 0 aliphatic carbocycles. The van der Waals surface area contributed by atoms with Crippen LogP contribution in [0, 0.1) is 10.1 Å². The second-order valence-electron chi connectivity index (χ2n) is 3.79. The fourth-order valence-electron chi connectivity index (χ4n) is 1.46. The number of rotatable bonds is 4. The minimum atomic E-state index is -0.738. The number of primary amides is 1. The monoisotopic (exact) mass is 275 g/mol. The quantitative estimate of drug-likeness (QED) is 0.645. The van der Waals surface area contributed by atoms with E-state index >= 15 is 0 Å². The summed E-state index contributed by atoms with van der Waals surface area (Å²) in [6, 6.07) is 8.14. The van der Waals surface area contributed by atoms with Crippen molar-refractivity contribution in [3.63, 3.8) is 0 Å². The van der Waals surface area contributed by atoms with Crippen LogP contribution in [-0.4, -0.2) is 16.7 Å². The SMILES string of the molecule is NC(=O)c1ccc(NC(=O)c2ccc([N+](=O)[O-])o2)cc1. The second-order valence-corrected chi connectivity index (χ2v) is 3.79. The van der Waals surface area contributed by atoms with Gasteiger partial charge in [-0.1, -0.05) is 0 Å². The molecule has 2 aromatic rings. The first-order chi connectivity index (χ1) is 9.47. The van der Waals surface area contributed by atoms with E-state index in [0.717, 1.165) is 6.07 Å². The Labute approximate surface area is 112 Å². The maximum absolute atomic E-state index is 11.7. The van der Waals surface area contributed by atoms with Gasteiger partial charge in [-0.05, 0) is 30.3 Å². The Balaban J connectivity index is 2.10. The van der Waals surface area contributed by atoms with Crippen molar-refractivity contribution in [1.29, 1.82) is 0 Å². The molecule has 0 fully saturated rings. The summed E-state index contributed by atoms with van der Waals surface area (Å²) < 4.78 is 4.76. The number of carbonyl (C=O) groups is 2. The van der Waals surface area contributed by atoms with Crippen LogP contribution in [0.15, 0.2) is 40.8 Å². The van der Waals surface area contributed by atoms with Crippen LogP contribution in [0.4, 0.5) is 11.6 Å². The average Bonchev–Trinajstić information content (AvgIpc) is 2.89. The van der Waals surface area contributed by atoms with Crippen molar-refractivity contribution in [1.82, 2.24) is 0 Å². The first-order valence-electron chi connectivity index (χ1n) is 5.43. The van der Waals surface area contributed by atoms with Gasteiger partial charge in [0.2, 0.25) is 5.91 Å². The maximum Gasteiger partial charge on any atom is 0.433 e. The molecule has 2 rings (SSSR count). The van der Waals surface area contributed by atoms with E-state index in [2.05, 4.69) is 5.32 Å². The highest BCUT2D eigenvalue weighted by Crippen LogP contribution is 2.17. The molecule has 0 spiro atoms. The van der Waals surface area contributed by atoms with Crippen LogP contribution in [0.25, 0.3) is 0 Å². The van der Waals surface area contributed by atoms with E-state index in [-0.39, 0.29) is 5.76 Å². The van der Waals surface area contributed by atoms with E-state index in [4.69, 9.17) is 10.2 Å². The number of hydrogen-bond acceptors (Lipinski definition) is 5. The zero-order valence-corrected chi connectivity index (χ0v) is 10.0. The highest BCUT2D eigenvalue weighted by Gasteiger charge is 2.17. The lowest BCUT2D eigenvalue weighted by atomic mass is 10.2. The van der Waals surface area contributed by atoms with Crippen LogP contribution in [-0.2, 0) is 0 Å². The minimum Gasteiger partial charge on any atom is -0.395 e. The lowest BCUT2D eigenvalue weighted by molar-refractivity contribution is -0.402. The lowest BCUT2D eigenvalue weighted by Gasteiger charge is -2.03. The van der Waals surface area contributed by atoms with Crippen LogP contribution in [0.1, 0.15) is 20.9 Å². The molecule has 102 valence electrons. The van der Waals surface area contributed by atoms with Crippen molar-refractivity contribution < 1.29 is 18.9 Å². The van der Waals surface area contributed by atoms with Gasteiger partial charge in [0, 0.05) is 11.3 Å². The number of carbonyl (C=O) groups excluding carboxylic acids is 2. The normalized spacial score (nSPS) is 10.0. The Morgan fingerprint density at radius 1 is 1.15 bits per heavy atom. The summed E-state index contributed by atoms with van der Waals surface area (Å²) in [6.07, 6.45) is 0. The molecular formula is C12H9N3O5. The van der Waals surface area contributed by atoms with Gasteiger partial charge in [0.25, 0.3) is 5.91 Å². The Bertz CT molecular complexity index is 675. The molecule has 1 heterocycles. The van der Waals surface area contributed by atoms with Crippen LogP contribution in [0.3, 0.4) is 0 Å². The van der Waals surface area contributed by atoms with Crippen molar-refractivity contribution >= 4 is 23.4 Å². The predicted molar refractivity (Wildman–Crippen MR) is 68.3 cm³/mol. The molecule has 8 heteroatoms. The molecule has 0 aliphatic rings. The molecule has 0 radical (unpaired) electrons. The van der Waals surface area contributed by atoms with Gasteiger partial charge in [-0.2, -0.15) is 0 Å². The molecule has 1 aromatic heterocycles. The van der Waals surface area contributed by atoms with Gasteiger partial charge < -0.3 is 15.5 Å². The summed E-state index contributed by atoms with van der Waals surface area (Å²) in [5.74, 6) is -1.91. The average molecular weight is 275 g/mol. The third-order valence-electron chi connectivity index (χ3n) is 2.42. The van der Waals surface area contributed by atoms with Crippen molar-refractivity contribution in [2.24, 2.45) is 5.73 Å². The molecule has 0 atom stereocenters. The number of hydrogen-bond donors (Lipinski definition) is 2. The lowest BCUT2D eigenvalue weighted by Crippen LogP contribution is -2.12. The number of nitrogens with zero attached hydrogens (tertiary/aromatic N) is 1. The zero-order valence-electron chi connectivity index (χ0n) is 10.0. The van der Waals surface area contributed by atoms with Gasteiger partial charge in [-0.15, -0.1) is 0 Å². The van der Waals surface area contributed by atoms with Crippen molar-refractivity contribution in [3.05, 3.63) is 57.8 Å². The molecule has 1 aromatic carbocycles. The van der Waals surface area contributed by atoms with E-state index < -0.39 is 22.6 Å². The van der Waals surface area contributed by atoms with Gasteiger partial charge in [-0.3, -0.25) is 19.7 Å². The fourth-order valence-corrected chi connectivity index (χ4v) is 1.46. The minimum absolute atomic E-state index is 0.185. The first-order valence-corrected chi connectivity index (χ1v) is 5.43. The molecular weight excluding hydrogens is 266 g/mol. The summed E-state index contributed by atoms with van der Waals surface area (Å²) in [4.78, 5) is 32.3. The van der Waals surface area contributed by atoms with Gasteiger partial charge in [-0.25, -0.2) is 0 Å². The summed E-state index contributed by atoms with van der Waals surface area (Å²) in [6.45, 7) is 0. The summed E-state index contributed by atoms with van der Waals surface area (Å²) in [5.41, 5.74) is 5.79. The summed E-state index contributed by atoms with van der Waals surface area (Å²) in [7, 11) is 0. The van der Waals surface area contributed by atoms with Crippen LogP contribution in [0.5, 0.6) is 0 Å². The van der Waals surface area contributed by atoms with Crippen molar-refractivity contribution in [2.45, 2.75) is 0 Å². The van der Waals surface area contributed by atoms with E-state index in [9.17, 15) is 19.7 Å². The van der Waals surface area contributed by atoms with Crippen molar-refractivity contribution in [3.8, 4) is 0 Å². The summed E-state index contributed by atoms with van der Waals surface area (Å²) in [5, 5.41) is 12.9. The first kappa shape index (κ1) is 13.3. The number of amides is 2. The number of nitrogens with one attached hydrogen (secondary N) is 1. The van der Waals surface area contributed by atoms with Gasteiger partial charge >= 0.3 is 5.88 Å². The molecule has 0 saturated carbocycles. The maximum atomic E-state index is 11.7. The Morgan fingerprint density at radius 2 is 1.80 bits per heavy atom. The zero-order chi connectivity index (χ0) is 14.7. The Morgan fingerprint density at radius 3 is 2.30 bits per heavy atom. The van der Waals surface area contributed by atoms with Crippen LogP contribution in [0.2, 0.25) is 0 Å². The Kier molecular flexibility index (Phi) is 3.47. The van der Waals surface area contributed by atoms with E-state index in [0.29, 0.717) is 11.3 Å². The van der Waals surface area contributed by atoms with Gasteiger partial charge in [0.15, 0.2) is 5.76 Å². The topological polar surface area (TPSA) is 128 Å². The second kappa shape index (κ2) is 5.22. The fraction of sp³-hybridized carbons (Fsp3) is 0. The number of nitrogens with two attached hydrogens (primary N) is 1. The van der Waals surface area contributed by atoms with Gasteiger partial charge in [0.05, 0.1) is 6.07 Å². The third kappa shape index (κ3) is 2.80. The highest BCUT2D eigenvalue weighted by atomic mass is 16.6. The smallest absolute Gasteiger partial charge is 0.395 e. The summed E-state index contributed by atoms with van der Waals surface area (Å²) >= 11 is 0. The van der Waals surface area contributed by atoms with Crippen molar-refractivity contribution in [2.75, 3.05) is 5.32 Å². The predicted octanol–water partition coefficient (Wildman–Crippen LogP) is 1.54. The van der Waals surface area contributed by atoms with Crippen LogP contribution >= 0.6 is 0 Å². The number of benzene rings is 1. The number of furan rings is 1. The number of nitro groups is 1. The molecule has 0 aliphatic heterocycles. The molecule has 8 nitrogen and oxygen atoms in total. The molecule has 0 saturated heterocycles. The number of anilines is 1.